The van der Waals surface area contributed by atoms with Crippen molar-refractivity contribution in [2.75, 3.05) is 0 Å². The van der Waals surface area contributed by atoms with Crippen LogP contribution in [0.25, 0.3) is 0 Å². The predicted molar refractivity (Wildman–Crippen MR) is 71.4 cm³/mol. The van der Waals surface area contributed by atoms with Crippen molar-refractivity contribution >= 4 is 22.0 Å². The van der Waals surface area contributed by atoms with E-state index in [1.165, 1.54) is 36.5 Å². The Kier molecular flexibility index (Phi) is 3.73. The molecule has 0 radical (unpaired) electrons. The Morgan fingerprint density at radius 3 is 2.25 bits per heavy atom. The van der Waals surface area contributed by atoms with E-state index in [9.17, 15) is 18.1 Å². The summed E-state index contributed by atoms with van der Waals surface area (Å²) >= 11 is 0. The molecule has 0 unspecified atom stereocenters. The van der Waals surface area contributed by atoms with E-state index in [0.717, 1.165) is 12.1 Å². The second-order valence-corrected chi connectivity index (χ2v) is 5.33. The number of rotatable bonds is 3. The second-order valence-electron chi connectivity index (χ2n) is 3.95. The van der Waals surface area contributed by atoms with Gasteiger partial charge in [0.05, 0.1) is 10.6 Å². The highest BCUT2D eigenvalue weighted by Crippen LogP contribution is 2.22. The molecule has 2 N–H and O–H groups in total. The lowest BCUT2D eigenvalue weighted by Crippen LogP contribution is -1.97. The van der Waals surface area contributed by atoms with E-state index in [2.05, 4.69) is 4.99 Å². The van der Waals surface area contributed by atoms with Crippen LogP contribution in [-0.4, -0.2) is 29.4 Å². The summed E-state index contributed by atoms with van der Waals surface area (Å²) in [5, 5.41) is 18.7. The fourth-order valence-electron chi connectivity index (χ4n) is 1.48. The quantitative estimate of drug-likeness (QED) is 0.661. The van der Waals surface area contributed by atoms with Gasteiger partial charge in [-0.05, 0) is 36.4 Å². The summed E-state index contributed by atoms with van der Waals surface area (Å²) in [5.41, 5.74) is 0.813. The van der Waals surface area contributed by atoms with Gasteiger partial charge in [-0.3, -0.25) is 4.99 Å². The van der Waals surface area contributed by atoms with E-state index >= 15 is 0 Å². The van der Waals surface area contributed by atoms with Crippen LogP contribution in [-0.2, 0) is 10.1 Å². The molecular weight excluding hydrogens is 282 g/mol. The zero-order valence-electron chi connectivity index (χ0n) is 10.1. The van der Waals surface area contributed by atoms with Gasteiger partial charge in [0.2, 0.25) is 0 Å². The largest absolute Gasteiger partial charge is 0.744 e. The Labute approximate surface area is 115 Å². The minimum atomic E-state index is -4.47. The van der Waals surface area contributed by atoms with Crippen molar-refractivity contribution < 1.29 is 23.2 Å². The Morgan fingerprint density at radius 2 is 1.70 bits per heavy atom. The Bertz CT molecular complexity index is 751. The van der Waals surface area contributed by atoms with E-state index in [1.54, 1.807) is 0 Å². The van der Waals surface area contributed by atoms with Gasteiger partial charge < -0.3 is 14.8 Å². The van der Waals surface area contributed by atoms with Gasteiger partial charge in [0.1, 0.15) is 21.6 Å². The Morgan fingerprint density at radius 1 is 1.05 bits per heavy atom. The van der Waals surface area contributed by atoms with Crippen LogP contribution < -0.4 is 0 Å². The van der Waals surface area contributed by atoms with Crippen molar-refractivity contribution in [3.8, 4) is 11.5 Å². The first kappa shape index (κ1) is 14.0. The van der Waals surface area contributed by atoms with Crippen molar-refractivity contribution in [1.82, 2.24) is 0 Å². The highest BCUT2D eigenvalue weighted by molar-refractivity contribution is 7.85. The SMILES string of the molecule is O=S(=O)([O-])c1ccc(N=Cc2ccc(O)cc2O)cc1. The lowest BCUT2D eigenvalue weighted by atomic mass is 10.2. The molecule has 0 amide bonds. The van der Waals surface area contributed by atoms with Gasteiger partial charge in [-0.1, -0.05) is 0 Å². The molecule has 0 spiro atoms. The molecule has 0 atom stereocenters. The summed E-state index contributed by atoms with van der Waals surface area (Å²) in [6.45, 7) is 0. The maximum atomic E-state index is 10.7. The van der Waals surface area contributed by atoms with Crippen molar-refractivity contribution in [2.45, 2.75) is 4.90 Å². The van der Waals surface area contributed by atoms with Gasteiger partial charge in [-0.15, -0.1) is 0 Å². The first-order chi connectivity index (χ1) is 9.36. The van der Waals surface area contributed by atoms with Gasteiger partial charge in [0.15, 0.2) is 0 Å². The molecule has 0 saturated carbocycles. The average Bonchev–Trinajstić information content (AvgIpc) is 2.37. The molecule has 0 aromatic heterocycles. The smallest absolute Gasteiger partial charge is 0.128 e. The number of aliphatic imine (C=N–C) groups is 1. The third-order valence-corrected chi connectivity index (χ3v) is 3.34. The van der Waals surface area contributed by atoms with Gasteiger partial charge in [0, 0.05) is 17.8 Å². The molecule has 6 nitrogen and oxygen atoms in total. The Hall–Kier alpha value is -2.38. The highest BCUT2D eigenvalue weighted by atomic mass is 32.2. The number of benzene rings is 2. The molecule has 0 bridgehead atoms. The molecule has 2 aromatic carbocycles. The third kappa shape index (κ3) is 3.34. The van der Waals surface area contributed by atoms with Crippen LogP contribution in [0.1, 0.15) is 5.56 Å². The van der Waals surface area contributed by atoms with Gasteiger partial charge in [0.25, 0.3) is 0 Å². The average molecular weight is 292 g/mol. The van der Waals surface area contributed by atoms with E-state index < -0.39 is 10.1 Å². The lowest BCUT2D eigenvalue weighted by molar-refractivity contribution is 0.450. The molecule has 0 aliphatic rings. The topological polar surface area (TPSA) is 110 Å². The molecule has 0 aliphatic carbocycles. The van der Waals surface area contributed by atoms with Crippen molar-refractivity contribution in [2.24, 2.45) is 4.99 Å². The van der Waals surface area contributed by atoms with Crippen LogP contribution in [0.5, 0.6) is 11.5 Å². The molecular formula is C13H10NO5S-. The minimum absolute atomic E-state index is 0.0651. The third-order valence-electron chi connectivity index (χ3n) is 2.49. The van der Waals surface area contributed by atoms with Gasteiger partial charge >= 0.3 is 0 Å². The molecule has 0 aliphatic heterocycles. The highest BCUT2D eigenvalue weighted by Gasteiger charge is 2.01. The zero-order valence-corrected chi connectivity index (χ0v) is 10.9. The first-order valence-corrected chi connectivity index (χ1v) is 6.89. The summed E-state index contributed by atoms with van der Waals surface area (Å²) in [7, 11) is -4.47. The summed E-state index contributed by atoms with van der Waals surface area (Å²) in [5.74, 6) is -0.197. The zero-order chi connectivity index (χ0) is 14.8. The normalized spacial score (nSPS) is 11.8. The fourth-order valence-corrected chi connectivity index (χ4v) is 1.95. The van der Waals surface area contributed by atoms with E-state index in [0.29, 0.717) is 11.3 Å². The van der Waals surface area contributed by atoms with E-state index in [-0.39, 0.29) is 16.4 Å². The maximum Gasteiger partial charge on any atom is 0.128 e. The summed E-state index contributed by atoms with van der Waals surface area (Å²) in [4.78, 5) is 3.70. The second kappa shape index (κ2) is 5.32. The number of hydrogen-bond acceptors (Lipinski definition) is 6. The van der Waals surface area contributed by atoms with Crippen LogP contribution in [0.3, 0.4) is 0 Å². The monoisotopic (exact) mass is 292 g/mol. The van der Waals surface area contributed by atoms with Gasteiger partial charge in [-0.25, -0.2) is 8.42 Å². The van der Waals surface area contributed by atoms with Crippen LogP contribution in [0.15, 0.2) is 52.4 Å². The number of phenols is 2. The number of hydrogen-bond donors (Lipinski definition) is 2. The molecule has 20 heavy (non-hydrogen) atoms. The van der Waals surface area contributed by atoms with Crippen LogP contribution >= 0.6 is 0 Å². The number of nitrogens with zero attached hydrogens (tertiary/aromatic N) is 1. The van der Waals surface area contributed by atoms with Crippen molar-refractivity contribution in [1.29, 1.82) is 0 Å². The number of phenolic OH excluding ortho intramolecular Hbond substituents is 2. The Balaban J connectivity index is 2.24. The van der Waals surface area contributed by atoms with Crippen LogP contribution in [0.2, 0.25) is 0 Å². The molecule has 2 aromatic rings. The molecule has 2 rings (SSSR count). The standard InChI is InChI=1S/C13H11NO5S/c15-11-4-1-9(13(16)7-11)8-14-10-2-5-12(6-3-10)20(17,18)19/h1-8,15-16H,(H,17,18,19)/p-1. The van der Waals surface area contributed by atoms with E-state index in [4.69, 9.17) is 5.11 Å². The molecule has 104 valence electrons. The molecule has 0 fully saturated rings. The minimum Gasteiger partial charge on any atom is -0.744 e. The summed E-state index contributed by atoms with van der Waals surface area (Å²) in [6, 6.07) is 9.11. The lowest BCUT2D eigenvalue weighted by Gasteiger charge is -2.06. The molecule has 7 heteroatoms. The molecule has 0 saturated heterocycles. The van der Waals surface area contributed by atoms with E-state index in [1.807, 2.05) is 0 Å². The van der Waals surface area contributed by atoms with Gasteiger partial charge in [-0.2, -0.15) is 0 Å². The first-order valence-electron chi connectivity index (χ1n) is 5.48. The van der Waals surface area contributed by atoms with Crippen LogP contribution in [0.4, 0.5) is 5.69 Å². The predicted octanol–water partition coefficient (Wildman–Crippen LogP) is 1.75. The molecule has 0 heterocycles. The summed E-state index contributed by atoms with van der Waals surface area (Å²) in [6.07, 6.45) is 1.36. The number of aromatic hydroxyl groups is 2. The summed E-state index contributed by atoms with van der Waals surface area (Å²) < 4.78 is 32.2. The maximum absolute atomic E-state index is 10.7. The van der Waals surface area contributed by atoms with Crippen molar-refractivity contribution in [3.05, 3.63) is 48.0 Å². The fraction of sp³-hybridized carbons (Fsp3) is 0. The van der Waals surface area contributed by atoms with Crippen LogP contribution in [0, 0.1) is 0 Å². The van der Waals surface area contributed by atoms with Crippen molar-refractivity contribution in [3.63, 3.8) is 0 Å².